The number of aliphatic hydroxyl groups excluding tert-OH is 2. The van der Waals surface area contributed by atoms with Gasteiger partial charge in [0.2, 0.25) is 0 Å². The Kier molecular flexibility index (Phi) is 7.03. The summed E-state index contributed by atoms with van der Waals surface area (Å²) in [4.78, 5) is 10.9. The Morgan fingerprint density at radius 3 is 2.61 bits per heavy atom. The molecule has 3 saturated carbocycles. The molecule has 28 heavy (non-hydrogen) atoms. The second-order valence-electron chi connectivity index (χ2n) is 9.51. The minimum atomic E-state index is -0.748. The van der Waals surface area contributed by atoms with Crippen molar-refractivity contribution in [3.05, 3.63) is 23.8 Å². The van der Waals surface area contributed by atoms with Crippen molar-refractivity contribution < 1.29 is 20.1 Å². The number of hydrogen-bond donors (Lipinski definition) is 3. The summed E-state index contributed by atoms with van der Waals surface area (Å²) in [7, 11) is 0. The molecule has 3 aliphatic rings. The second-order valence-corrected chi connectivity index (χ2v) is 9.51. The largest absolute Gasteiger partial charge is 0.481 e. The van der Waals surface area contributed by atoms with E-state index in [-0.39, 0.29) is 23.9 Å². The van der Waals surface area contributed by atoms with Gasteiger partial charge in [0.25, 0.3) is 0 Å². The van der Waals surface area contributed by atoms with Gasteiger partial charge in [0.1, 0.15) is 0 Å². The van der Waals surface area contributed by atoms with E-state index in [2.05, 4.69) is 26.0 Å². The van der Waals surface area contributed by atoms with E-state index in [1.165, 1.54) is 24.8 Å². The van der Waals surface area contributed by atoms with Crippen LogP contribution in [0, 0.1) is 29.1 Å². The van der Waals surface area contributed by atoms with Crippen LogP contribution in [0.3, 0.4) is 0 Å². The van der Waals surface area contributed by atoms with Gasteiger partial charge in [-0.25, -0.2) is 0 Å². The second kappa shape index (κ2) is 9.13. The van der Waals surface area contributed by atoms with Gasteiger partial charge in [0, 0.05) is 12.3 Å². The number of aliphatic carboxylic acids is 1. The van der Waals surface area contributed by atoms with Gasteiger partial charge in [-0.1, -0.05) is 56.9 Å². The quantitative estimate of drug-likeness (QED) is 0.550. The maximum Gasteiger partial charge on any atom is 0.303 e. The maximum atomic E-state index is 10.9. The highest BCUT2D eigenvalue weighted by Crippen LogP contribution is 2.65. The van der Waals surface area contributed by atoms with Crippen LogP contribution in [0.15, 0.2) is 23.8 Å². The van der Waals surface area contributed by atoms with Crippen LogP contribution in [-0.4, -0.2) is 33.5 Å². The molecule has 0 saturated heterocycles. The van der Waals surface area contributed by atoms with Crippen molar-refractivity contribution in [3.8, 4) is 0 Å². The zero-order chi connectivity index (χ0) is 20.3. The van der Waals surface area contributed by atoms with E-state index in [0.29, 0.717) is 24.2 Å². The molecule has 0 aliphatic heterocycles. The molecule has 3 fully saturated rings. The zero-order valence-electron chi connectivity index (χ0n) is 17.5. The summed E-state index contributed by atoms with van der Waals surface area (Å²) in [6, 6.07) is 0. The monoisotopic (exact) mass is 390 g/mol. The predicted molar refractivity (Wildman–Crippen MR) is 111 cm³/mol. The SMILES string of the molecule is CCC1C(=CCCC(=O)O)[C@]2(C)CC[C@H](O)[C@@H](C=CC(O)C3CCCCC3)[C@H]12. The number of allylic oxidation sites excluding steroid dienone is 2. The lowest BCUT2D eigenvalue weighted by Gasteiger charge is -2.62. The first kappa shape index (κ1) is 21.6. The molecule has 3 N–H and O–H groups in total. The fraction of sp³-hybridized carbons (Fsp3) is 0.792. The highest BCUT2D eigenvalue weighted by atomic mass is 16.4. The topological polar surface area (TPSA) is 77.8 Å². The minimum Gasteiger partial charge on any atom is -0.481 e. The van der Waals surface area contributed by atoms with Crippen molar-refractivity contribution in [1.29, 1.82) is 0 Å². The summed E-state index contributed by atoms with van der Waals surface area (Å²) in [6.07, 6.45) is 14.9. The lowest BCUT2D eigenvalue weighted by atomic mass is 9.42. The number of fused-ring (bicyclic) bond motifs is 1. The van der Waals surface area contributed by atoms with Crippen molar-refractivity contribution in [2.24, 2.45) is 29.1 Å². The van der Waals surface area contributed by atoms with Gasteiger partial charge in [-0.3, -0.25) is 4.79 Å². The molecule has 0 heterocycles. The number of aliphatic hydroxyl groups is 2. The fourth-order valence-electron chi connectivity index (χ4n) is 6.37. The van der Waals surface area contributed by atoms with Crippen molar-refractivity contribution in [3.63, 3.8) is 0 Å². The number of carboxylic acid groups (broad SMARTS) is 1. The van der Waals surface area contributed by atoms with Crippen molar-refractivity contribution in [1.82, 2.24) is 0 Å². The normalized spacial score (nSPS) is 38.9. The molecule has 0 aromatic rings. The Hall–Kier alpha value is -1.13. The van der Waals surface area contributed by atoms with E-state index in [9.17, 15) is 15.0 Å². The lowest BCUT2D eigenvalue weighted by molar-refractivity contribution is -0.136. The van der Waals surface area contributed by atoms with Crippen LogP contribution in [0.2, 0.25) is 0 Å². The molecule has 3 rings (SSSR count). The molecular weight excluding hydrogens is 352 g/mol. The van der Waals surface area contributed by atoms with Crippen LogP contribution in [-0.2, 0) is 4.79 Å². The predicted octanol–water partition coefficient (Wildman–Crippen LogP) is 4.71. The van der Waals surface area contributed by atoms with Crippen LogP contribution in [0.1, 0.15) is 78.1 Å². The Labute approximate surface area is 169 Å². The average Bonchev–Trinajstić information content (AvgIpc) is 2.68. The standard InChI is InChI=1S/C24H38O4/c1-3-17-19(10-7-11-22(27)28)24(2)15-14-21(26)18(23(17)24)12-13-20(25)16-8-5-4-6-9-16/h10,12-13,16-18,20-21,23,25-26H,3-9,11,14-15H2,1-2H3,(H,27,28)/t17?,18-,20?,21+,23+,24+/m1/s1. The Bertz CT molecular complexity index is 604. The first-order valence-corrected chi connectivity index (χ1v) is 11.3. The highest BCUT2D eigenvalue weighted by Gasteiger charge is 2.59. The average molecular weight is 391 g/mol. The van der Waals surface area contributed by atoms with Gasteiger partial charge in [-0.2, -0.15) is 0 Å². The van der Waals surface area contributed by atoms with E-state index >= 15 is 0 Å². The summed E-state index contributed by atoms with van der Waals surface area (Å²) >= 11 is 0. The van der Waals surface area contributed by atoms with Crippen molar-refractivity contribution in [2.75, 3.05) is 0 Å². The van der Waals surface area contributed by atoms with Crippen LogP contribution in [0.25, 0.3) is 0 Å². The van der Waals surface area contributed by atoms with Crippen LogP contribution >= 0.6 is 0 Å². The van der Waals surface area contributed by atoms with Gasteiger partial charge in [0.15, 0.2) is 0 Å². The van der Waals surface area contributed by atoms with E-state index in [4.69, 9.17) is 5.11 Å². The highest BCUT2D eigenvalue weighted by molar-refractivity contribution is 5.66. The summed E-state index contributed by atoms with van der Waals surface area (Å²) in [5.41, 5.74) is 1.46. The first-order valence-electron chi connectivity index (χ1n) is 11.3. The van der Waals surface area contributed by atoms with Crippen molar-refractivity contribution >= 4 is 5.97 Å². The molecule has 0 spiro atoms. The molecule has 2 unspecified atom stereocenters. The Balaban J connectivity index is 1.73. The molecule has 158 valence electrons. The summed E-state index contributed by atoms with van der Waals surface area (Å²) in [5, 5.41) is 30.3. The van der Waals surface area contributed by atoms with E-state index in [1.54, 1.807) is 0 Å². The third-order valence-electron chi connectivity index (χ3n) is 7.87. The molecular formula is C24H38O4. The van der Waals surface area contributed by atoms with Gasteiger partial charge in [-0.15, -0.1) is 0 Å². The van der Waals surface area contributed by atoms with Gasteiger partial charge in [0.05, 0.1) is 12.2 Å². The molecule has 4 nitrogen and oxygen atoms in total. The number of carbonyl (C=O) groups is 1. The zero-order valence-corrected chi connectivity index (χ0v) is 17.5. The molecule has 3 aliphatic carbocycles. The van der Waals surface area contributed by atoms with Gasteiger partial charge in [-0.05, 0) is 61.7 Å². The molecule has 0 amide bonds. The van der Waals surface area contributed by atoms with E-state index < -0.39 is 12.1 Å². The van der Waals surface area contributed by atoms with Gasteiger partial charge >= 0.3 is 5.97 Å². The Morgan fingerprint density at radius 2 is 1.96 bits per heavy atom. The van der Waals surface area contributed by atoms with E-state index in [0.717, 1.165) is 32.1 Å². The Morgan fingerprint density at radius 1 is 1.25 bits per heavy atom. The first-order chi connectivity index (χ1) is 13.4. The maximum absolute atomic E-state index is 10.9. The summed E-state index contributed by atoms with van der Waals surface area (Å²) < 4.78 is 0. The molecule has 4 heteroatoms. The number of carboxylic acids is 1. The molecule has 0 aromatic carbocycles. The molecule has 0 bridgehead atoms. The third-order valence-corrected chi connectivity index (χ3v) is 7.87. The smallest absolute Gasteiger partial charge is 0.303 e. The van der Waals surface area contributed by atoms with Crippen LogP contribution in [0.5, 0.6) is 0 Å². The number of hydrogen-bond acceptors (Lipinski definition) is 3. The van der Waals surface area contributed by atoms with Crippen LogP contribution < -0.4 is 0 Å². The fourth-order valence-corrected chi connectivity index (χ4v) is 6.37. The summed E-state index contributed by atoms with van der Waals surface area (Å²) in [5.74, 6) is 0.496. The molecule has 0 aromatic heterocycles. The van der Waals surface area contributed by atoms with Crippen LogP contribution in [0.4, 0.5) is 0 Å². The third kappa shape index (κ3) is 4.23. The molecule has 6 atom stereocenters. The number of rotatable bonds is 7. The minimum absolute atomic E-state index is 0.0587. The summed E-state index contributed by atoms with van der Waals surface area (Å²) in [6.45, 7) is 4.48. The van der Waals surface area contributed by atoms with E-state index in [1.807, 2.05) is 6.08 Å². The molecule has 0 radical (unpaired) electrons. The van der Waals surface area contributed by atoms with Crippen molar-refractivity contribution in [2.45, 2.75) is 90.3 Å². The lowest BCUT2D eigenvalue weighted by Crippen LogP contribution is -2.57. The van der Waals surface area contributed by atoms with Gasteiger partial charge < -0.3 is 15.3 Å².